The van der Waals surface area contributed by atoms with E-state index >= 15 is 0 Å². The summed E-state index contributed by atoms with van der Waals surface area (Å²) in [4.78, 5) is 4.87. The van der Waals surface area contributed by atoms with Gasteiger partial charge >= 0.3 is 0 Å². The predicted molar refractivity (Wildman–Crippen MR) is 84.8 cm³/mol. The van der Waals surface area contributed by atoms with Crippen molar-refractivity contribution in [1.82, 2.24) is 5.32 Å². The molecule has 1 spiro atoms. The second-order valence-electron chi connectivity index (χ2n) is 6.95. The minimum Gasteiger partial charge on any atom is -0.362 e. The van der Waals surface area contributed by atoms with Gasteiger partial charge in [0.1, 0.15) is 0 Å². The lowest BCUT2D eigenvalue weighted by molar-refractivity contribution is 0.301. The second kappa shape index (κ2) is 6.07. The lowest BCUT2D eigenvalue weighted by Crippen LogP contribution is -2.41. The number of nitrogens with zero attached hydrogens (tertiary/aromatic N) is 1. The molecule has 0 radical (unpaired) electrons. The zero-order valence-corrected chi connectivity index (χ0v) is 13.1. The average Bonchev–Trinajstić information content (AvgIpc) is 2.91. The quantitative estimate of drug-likeness (QED) is 0.819. The van der Waals surface area contributed by atoms with Crippen LogP contribution in [0.15, 0.2) is 4.99 Å². The summed E-state index contributed by atoms with van der Waals surface area (Å²) in [6.07, 6.45) is 12.8. The van der Waals surface area contributed by atoms with E-state index in [1.165, 1.54) is 68.7 Å². The number of hydrogen-bond donors (Lipinski definition) is 1. The van der Waals surface area contributed by atoms with Gasteiger partial charge in [-0.15, -0.1) is 0 Å². The minimum absolute atomic E-state index is 0.573. The van der Waals surface area contributed by atoms with Crippen molar-refractivity contribution in [1.29, 1.82) is 0 Å². The summed E-state index contributed by atoms with van der Waals surface area (Å²) in [5.41, 5.74) is 0.573. The van der Waals surface area contributed by atoms with E-state index in [0.29, 0.717) is 11.5 Å². The Balaban J connectivity index is 1.51. The summed E-state index contributed by atoms with van der Waals surface area (Å²) in [6.45, 7) is 3.44. The largest absolute Gasteiger partial charge is 0.362 e. The van der Waals surface area contributed by atoms with Crippen LogP contribution in [0.25, 0.3) is 0 Å². The maximum Gasteiger partial charge on any atom is 0.156 e. The molecule has 2 aliphatic carbocycles. The van der Waals surface area contributed by atoms with Crippen LogP contribution in [0, 0.1) is 11.3 Å². The summed E-state index contributed by atoms with van der Waals surface area (Å²) in [5.74, 6) is 2.18. The Kier molecular flexibility index (Phi) is 4.40. The molecule has 19 heavy (non-hydrogen) atoms. The SMILES string of the molecule is CC(NC1=NCC2(CCCC2)CS1)C1CCCCC1. The normalized spacial score (nSPS) is 29.2. The van der Waals surface area contributed by atoms with E-state index in [0.717, 1.165) is 12.5 Å². The predicted octanol–water partition coefficient (Wildman–Crippen LogP) is 4.21. The Hall–Kier alpha value is -0.180. The Morgan fingerprint density at radius 1 is 1.16 bits per heavy atom. The van der Waals surface area contributed by atoms with Crippen molar-refractivity contribution in [3.8, 4) is 0 Å². The maximum atomic E-state index is 4.87. The van der Waals surface area contributed by atoms with Crippen LogP contribution in [0.4, 0.5) is 0 Å². The van der Waals surface area contributed by atoms with Crippen molar-refractivity contribution >= 4 is 16.9 Å². The molecule has 0 saturated heterocycles. The van der Waals surface area contributed by atoms with Gasteiger partial charge in [-0.1, -0.05) is 43.9 Å². The van der Waals surface area contributed by atoms with E-state index in [-0.39, 0.29) is 0 Å². The number of nitrogens with one attached hydrogen (secondary N) is 1. The molecule has 0 bridgehead atoms. The molecule has 3 aliphatic rings. The van der Waals surface area contributed by atoms with E-state index in [1.807, 2.05) is 11.8 Å². The van der Waals surface area contributed by atoms with Crippen LogP contribution in [0.3, 0.4) is 0 Å². The van der Waals surface area contributed by atoms with Crippen LogP contribution in [0.1, 0.15) is 64.7 Å². The third-order valence-corrected chi connectivity index (χ3v) is 6.72. The first-order valence-electron chi connectivity index (χ1n) is 8.21. The average molecular weight is 280 g/mol. The Morgan fingerprint density at radius 2 is 1.89 bits per heavy atom. The third-order valence-electron chi connectivity index (χ3n) is 5.45. The van der Waals surface area contributed by atoms with Gasteiger partial charge in [0.15, 0.2) is 5.17 Å². The number of hydrogen-bond acceptors (Lipinski definition) is 3. The molecule has 2 fully saturated rings. The molecular weight excluding hydrogens is 252 g/mol. The fraction of sp³-hybridized carbons (Fsp3) is 0.938. The van der Waals surface area contributed by atoms with E-state index in [9.17, 15) is 0 Å². The van der Waals surface area contributed by atoms with Crippen molar-refractivity contribution < 1.29 is 0 Å². The first-order valence-corrected chi connectivity index (χ1v) is 9.20. The van der Waals surface area contributed by atoms with Gasteiger partial charge in [-0.2, -0.15) is 0 Å². The first-order chi connectivity index (χ1) is 9.27. The Morgan fingerprint density at radius 3 is 2.53 bits per heavy atom. The van der Waals surface area contributed by atoms with E-state index in [4.69, 9.17) is 4.99 Å². The second-order valence-corrected chi connectivity index (χ2v) is 7.91. The number of rotatable bonds is 2. The summed E-state index contributed by atoms with van der Waals surface area (Å²) >= 11 is 1.99. The van der Waals surface area contributed by atoms with Gasteiger partial charge in [-0.3, -0.25) is 4.99 Å². The number of thioether (sulfide) groups is 1. The highest BCUT2D eigenvalue weighted by atomic mass is 32.2. The molecule has 3 heteroatoms. The van der Waals surface area contributed by atoms with Crippen LogP contribution < -0.4 is 5.32 Å². The van der Waals surface area contributed by atoms with E-state index in [1.54, 1.807) is 0 Å². The van der Waals surface area contributed by atoms with Gasteiger partial charge in [0.25, 0.3) is 0 Å². The zero-order chi connectivity index (χ0) is 13.1. The molecular formula is C16H28N2S. The molecule has 1 aliphatic heterocycles. The molecule has 3 rings (SSSR count). The summed E-state index contributed by atoms with van der Waals surface area (Å²) in [7, 11) is 0. The van der Waals surface area contributed by atoms with Crippen molar-refractivity contribution in [3.05, 3.63) is 0 Å². The fourth-order valence-electron chi connectivity index (χ4n) is 4.01. The van der Waals surface area contributed by atoms with Gasteiger partial charge in [-0.05, 0) is 43.9 Å². The van der Waals surface area contributed by atoms with E-state index < -0.39 is 0 Å². The van der Waals surface area contributed by atoms with Crippen LogP contribution in [0.2, 0.25) is 0 Å². The smallest absolute Gasteiger partial charge is 0.156 e. The Bertz CT molecular complexity index is 328. The first kappa shape index (κ1) is 13.8. The molecule has 1 atom stereocenters. The third kappa shape index (κ3) is 3.29. The molecule has 1 heterocycles. The molecule has 0 aromatic rings. The highest BCUT2D eigenvalue weighted by molar-refractivity contribution is 8.13. The highest BCUT2D eigenvalue weighted by Crippen LogP contribution is 2.43. The van der Waals surface area contributed by atoms with Crippen molar-refractivity contribution in [2.24, 2.45) is 16.3 Å². The van der Waals surface area contributed by atoms with Gasteiger partial charge in [0.05, 0.1) is 0 Å². The lowest BCUT2D eigenvalue weighted by atomic mass is 9.85. The lowest BCUT2D eigenvalue weighted by Gasteiger charge is -2.34. The summed E-state index contributed by atoms with van der Waals surface area (Å²) < 4.78 is 0. The van der Waals surface area contributed by atoms with Crippen molar-refractivity contribution in [3.63, 3.8) is 0 Å². The number of amidine groups is 1. The summed E-state index contributed by atoms with van der Waals surface area (Å²) in [6, 6.07) is 0.615. The number of aliphatic imine (C=N–C) groups is 1. The monoisotopic (exact) mass is 280 g/mol. The standard InChI is InChI=1S/C16H28N2S/c1-13(14-7-3-2-4-8-14)18-15-17-11-16(12-19-15)9-5-6-10-16/h13-14H,2-12H2,1H3,(H,17,18). The molecule has 2 saturated carbocycles. The molecule has 108 valence electrons. The highest BCUT2D eigenvalue weighted by Gasteiger charge is 2.36. The van der Waals surface area contributed by atoms with Crippen molar-refractivity contribution in [2.75, 3.05) is 12.3 Å². The zero-order valence-electron chi connectivity index (χ0n) is 12.3. The van der Waals surface area contributed by atoms with Gasteiger partial charge in [0, 0.05) is 18.3 Å². The summed E-state index contributed by atoms with van der Waals surface area (Å²) in [5, 5.41) is 4.94. The molecule has 0 aromatic heterocycles. The molecule has 0 amide bonds. The maximum absolute atomic E-state index is 4.87. The fourth-order valence-corrected chi connectivity index (χ4v) is 5.26. The topological polar surface area (TPSA) is 24.4 Å². The molecule has 0 aromatic carbocycles. The van der Waals surface area contributed by atoms with Crippen molar-refractivity contribution in [2.45, 2.75) is 70.8 Å². The van der Waals surface area contributed by atoms with Crippen LogP contribution in [-0.2, 0) is 0 Å². The van der Waals surface area contributed by atoms with Crippen LogP contribution in [-0.4, -0.2) is 23.5 Å². The molecule has 1 unspecified atom stereocenters. The van der Waals surface area contributed by atoms with E-state index in [2.05, 4.69) is 12.2 Å². The van der Waals surface area contributed by atoms with Crippen LogP contribution >= 0.6 is 11.8 Å². The van der Waals surface area contributed by atoms with Gasteiger partial charge < -0.3 is 5.32 Å². The molecule has 1 N–H and O–H groups in total. The van der Waals surface area contributed by atoms with Gasteiger partial charge in [-0.25, -0.2) is 0 Å². The molecule has 2 nitrogen and oxygen atoms in total. The minimum atomic E-state index is 0.573. The van der Waals surface area contributed by atoms with Crippen LogP contribution in [0.5, 0.6) is 0 Å². The van der Waals surface area contributed by atoms with Gasteiger partial charge in [0.2, 0.25) is 0 Å². The Labute approximate surface area is 122 Å².